The number of aliphatic hydroxyl groups excluding tert-OH is 2. The molecule has 0 aliphatic rings. The van der Waals surface area contributed by atoms with Gasteiger partial charge in [-0.15, -0.1) is 0 Å². The SMILES string of the molecule is C#CO.CCCC(O)CNCCNC(=O)C(CCC/C=C/C(C)CC)OC. The van der Waals surface area contributed by atoms with Crippen molar-refractivity contribution in [2.24, 2.45) is 5.92 Å². The van der Waals surface area contributed by atoms with Gasteiger partial charge in [0, 0.05) is 26.7 Å². The number of terminal acetylenes is 1. The van der Waals surface area contributed by atoms with Crippen molar-refractivity contribution in [3.05, 3.63) is 12.2 Å². The molecule has 0 aromatic heterocycles. The highest BCUT2D eigenvalue weighted by Gasteiger charge is 2.16. The van der Waals surface area contributed by atoms with Crippen LogP contribution in [0.3, 0.4) is 0 Å². The molecule has 0 fully saturated rings. The highest BCUT2D eigenvalue weighted by atomic mass is 16.5. The Bertz CT molecular complexity index is 407. The van der Waals surface area contributed by atoms with Crippen molar-refractivity contribution < 1.29 is 19.7 Å². The number of carbonyl (C=O) groups is 1. The van der Waals surface area contributed by atoms with Crippen LogP contribution in [0.25, 0.3) is 0 Å². The number of aliphatic hydroxyl groups is 2. The molecule has 27 heavy (non-hydrogen) atoms. The highest BCUT2D eigenvalue weighted by molar-refractivity contribution is 5.80. The molecule has 158 valence electrons. The molecule has 6 heteroatoms. The summed E-state index contributed by atoms with van der Waals surface area (Å²) in [5, 5.41) is 22.7. The van der Waals surface area contributed by atoms with Gasteiger partial charge in [0.15, 0.2) is 0 Å². The second kappa shape index (κ2) is 20.8. The van der Waals surface area contributed by atoms with Crippen LogP contribution in [0, 0.1) is 18.4 Å². The summed E-state index contributed by atoms with van der Waals surface area (Å²) >= 11 is 0. The molecule has 0 aliphatic carbocycles. The van der Waals surface area contributed by atoms with Gasteiger partial charge in [0.25, 0.3) is 0 Å². The average Bonchev–Trinajstić information content (AvgIpc) is 2.64. The first-order chi connectivity index (χ1) is 13.0. The van der Waals surface area contributed by atoms with Crippen LogP contribution in [0.15, 0.2) is 12.2 Å². The Kier molecular flexibility index (Phi) is 21.3. The zero-order valence-electron chi connectivity index (χ0n) is 17.5. The van der Waals surface area contributed by atoms with Gasteiger partial charge >= 0.3 is 0 Å². The molecule has 0 aromatic rings. The molecule has 0 saturated carbocycles. The Labute approximate surface area is 165 Å². The Hall–Kier alpha value is -1.55. The van der Waals surface area contributed by atoms with Crippen LogP contribution in [-0.4, -0.2) is 55.1 Å². The Morgan fingerprint density at radius 1 is 1.30 bits per heavy atom. The summed E-state index contributed by atoms with van der Waals surface area (Å²) in [5.74, 6) is 0.564. The van der Waals surface area contributed by atoms with Crippen LogP contribution in [0.4, 0.5) is 0 Å². The van der Waals surface area contributed by atoms with E-state index in [1.165, 1.54) is 6.11 Å². The lowest BCUT2D eigenvalue weighted by Gasteiger charge is -2.15. The third kappa shape index (κ3) is 19.0. The maximum absolute atomic E-state index is 12.1. The number of hydrogen-bond donors (Lipinski definition) is 4. The normalized spacial score (nSPS) is 13.9. The molecule has 0 bridgehead atoms. The second-order valence-electron chi connectivity index (χ2n) is 6.54. The van der Waals surface area contributed by atoms with Crippen LogP contribution in [0.1, 0.15) is 59.3 Å². The van der Waals surface area contributed by atoms with Gasteiger partial charge in [0.2, 0.25) is 5.91 Å². The summed E-state index contributed by atoms with van der Waals surface area (Å²) in [6, 6.07) is 0. The number of amides is 1. The van der Waals surface area contributed by atoms with E-state index >= 15 is 0 Å². The molecular weight excluding hydrogens is 344 g/mol. The van der Waals surface area contributed by atoms with Gasteiger partial charge in [0.05, 0.1) is 6.10 Å². The fourth-order valence-electron chi connectivity index (χ4n) is 2.33. The molecule has 1 amide bonds. The third-order valence-electron chi connectivity index (χ3n) is 4.13. The first kappa shape index (κ1) is 27.7. The minimum atomic E-state index is -0.382. The van der Waals surface area contributed by atoms with Gasteiger partial charge < -0.3 is 25.6 Å². The first-order valence-electron chi connectivity index (χ1n) is 9.92. The van der Waals surface area contributed by atoms with E-state index in [4.69, 9.17) is 9.84 Å². The molecule has 3 unspecified atom stereocenters. The summed E-state index contributed by atoms with van der Waals surface area (Å²) in [7, 11) is 1.58. The zero-order chi connectivity index (χ0) is 20.9. The number of nitrogens with one attached hydrogen (secondary N) is 2. The van der Waals surface area contributed by atoms with E-state index in [0.717, 1.165) is 38.5 Å². The molecule has 6 nitrogen and oxygen atoms in total. The number of allylic oxidation sites excluding steroid dienone is 2. The van der Waals surface area contributed by atoms with Crippen LogP contribution in [0.5, 0.6) is 0 Å². The van der Waals surface area contributed by atoms with E-state index in [9.17, 15) is 9.90 Å². The molecule has 3 atom stereocenters. The van der Waals surface area contributed by atoms with Crippen molar-refractivity contribution in [1.29, 1.82) is 0 Å². The van der Waals surface area contributed by atoms with Crippen LogP contribution < -0.4 is 10.6 Å². The van der Waals surface area contributed by atoms with Crippen LogP contribution in [0.2, 0.25) is 0 Å². The van der Waals surface area contributed by atoms with Crippen molar-refractivity contribution in [3.8, 4) is 12.5 Å². The maximum atomic E-state index is 12.1. The largest absolute Gasteiger partial charge is 0.462 e. The number of hydrogen-bond acceptors (Lipinski definition) is 5. The molecule has 4 N–H and O–H groups in total. The van der Waals surface area contributed by atoms with Gasteiger partial charge in [-0.25, -0.2) is 0 Å². The summed E-state index contributed by atoms with van der Waals surface area (Å²) in [5.41, 5.74) is 0. The standard InChI is InChI=1S/C19H38N2O3.C2H2O/c1-5-10-17(22)15-20-13-14-21-19(23)18(24-4)12-9-7-8-11-16(3)6-2;1-2-3/h8,11,16-18,20,22H,5-7,9-10,12-15H2,1-4H3,(H,21,23);1,3H/b11-8+;. The van der Waals surface area contributed by atoms with E-state index in [1.54, 1.807) is 7.11 Å². The predicted octanol–water partition coefficient (Wildman–Crippen LogP) is 2.59. The maximum Gasteiger partial charge on any atom is 0.249 e. The summed E-state index contributed by atoms with van der Waals surface area (Å²) < 4.78 is 5.29. The lowest BCUT2D eigenvalue weighted by Crippen LogP contribution is -2.40. The van der Waals surface area contributed by atoms with Crippen molar-refractivity contribution in [3.63, 3.8) is 0 Å². The molecule has 0 saturated heterocycles. The van der Waals surface area contributed by atoms with Crippen molar-refractivity contribution in [2.45, 2.75) is 71.5 Å². The van der Waals surface area contributed by atoms with Crippen molar-refractivity contribution in [1.82, 2.24) is 10.6 Å². The number of methoxy groups -OCH3 is 1. The first-order valence-corrected chi connectivity index (χ1v) is 9.92. The number of ether oxygens (including phenoxy) is 1. The monoisotopic (exact) mass is 384 g/mol. The molecule has 0 rings (SSSR count). The van der Waals surface area contributed by atoms with E-state index in [2.05, 4.69) is 50.0 Å². The minimum Gasteiger partial charge on any atom is -0.462 e. The van der Waals surface area contributed by atoms with Crippen molar-refractivity contribution in [2.75, 3.05) is 26.7 Å². The van der Waals surface area contributed by atoms with Gasteiger partial charge in [-0.1, -0.05) is 52.2 Å². The van der Waals surface area contributed by atoms with E-state index in [1.807, 2.05) is 0 Å². The Morgan fingerprint density at radius 2 is 1.96 bits per heavy atom. The lowest BCUT2D eigenvalue weighted by molar-refractivity contribution is -0.131. The van der Waals surface area contributed by atoms with E-state index < -0.39 is 0 Å². The van der Waals surface area contributed by atoms with Gasteiger partial charge in [0.1, 0.15) is 12.2 Å². The summed E-state index contributed by atoms with van der Waals surface area (Å²) in [4.78, 5) is 12.1. The molecule has 0 aliphatic heterocycles. The molecule has 0 heterocycles. The third-order valence-corrected chi connectivity index (χ3v) is 4.13. The fraction of sp³-hybridized carbons (Fsp3) is 0.762. The van der Waals surface area contributed by atoms with Crippen LogP contribution >= 0.6 is 0 Å². The number of unbranched alkanes of at least 4 members (excludes halogenated alkanes) is 1. The average molecular weight is 385 g/mol. The molecular formula is C21H40N2O4. The highest BCUT2D eigenvalue weighted by Crippen LogP contribution is 2.08. The molecule has 0 aromatic carbocycles. The van der Waals surface area contributed by atoms with Gasteiger partial charge in [-0.05, 0) is 31.6 Å². The van der Waals surface area contributed by atoms with E-state index in [-0.39, 0.29) is 18.1 Å². The van der Waals surface area contributed by atoms with Gasteiger partial charge in [-0.2, -0.15) is 0 Å². The summed E-state index contributed by atoms with van der Waals surface area (Å²) in [6.45, 7) is 8.21. The Balaban J connectivity index is 0. The number of rotatable bonds is 15. The van der Waals surface area contributed by atoms with E-state index in [0.29, 0.717) is 25.6 Å². The topological polar surface area (TPSA) is 90.8 Å². The smallest absolute Gasteiger partial charge is 0.249 e. The number of carbonyl (C=O) groups excluding carboxylic acids is 1. The van der Waals surface area contributed by atoms with Crippen LogP contribution in [-0.2, 0) is 9.53 Å². The molecule has 0 radical (unpaired) electrons. The predicted molar refractivity (Wildman–Crippen MR) is 111 cm³/mol. The lowest BCUT2D eigenvalue weighted by atomic mass is 10.1. The minimum absolute atomic E-state index is 0.0562. The fourth-order valence-corrected chi connectivity index (χ4v) is 2.33. The Morgan fingerprint density at radius 3 is 2.52 bits per heavy atom. The second-order valence-corrected chi connectivity index (χ2v) is 6.54. The summed E-state index contributed by atoms with van der Waals surface area (Å²) in [6.07, 6.45) is 14.7. The van der Waals surface area contributed by atoms with Crippen molar-refractivity contribution >= 4 is 5.91 Å². The van der Waals surface area contributed by atoms with Gasteiger partial charge in [-0.3, -0.25) is 4.79 Å². The zero-order valence-corrected chi connectivity index (χ0v) is 17.5. The quantitative estimate of drug-likeness (QED) is 0.198. The molecule has 0 spiro atoms.